The van der Waals surface area contributed by atoms with Crippen LogP contribution in [0.1, 0.15) is 37.8 Å². The largest absolute Gasteiger partial charge is 0.324 e. The fourth-order valence-electron chi connectivity index (χ4n) is 1.38. The number of rotatable bonds is 4. The molecule has 0 unspecified atom stereocenters. The van der Waals surface area contributed by atoms with Gasteiger partial charge in [-0.05, 0) is 30.2 Å². The van der Waals surface area contributed by atoms with Gasteiger partial charge in [0.25, 0.3) is 0 Å². The smallest absolute Gasteiger partial charge is 0.0410 e. The van der Waals surface area contributed by atoms with Gasteiger partial charge in [-0.2, -0.15) is 0 Å². The monoisotopic (exact) mass is 311 g/mol. The van der Waals surface area contributed by atoms with E-state index in [0.717, 1.165) is 27.9 Å². The van der Waals surface area contributed by atoms with Crippen molar-refractivity contribution in [3.05, 3.63) is 33.3 Å². The molecule has 0 heterocycles. The lowest BCUT2D eigenvalue weighted by Crippen LogP contribution is -2.10. The number of hydrogen-bond acceptors (Lipinski definition) is 1. The van der Waals surface area contributed by atoms with Crippen LogP contribution in [0.3, 0.4) is 0 Å². The van der Waals surface area contributed by atoms with Crippen molar-refractivity contribution >= 4 is 39.9 Å². The predicted octanol–water partition coefficient (Wildman–Crippen LogP) is 4.71. The molecule has 1 atom stereocenters. The Hall–Kier alpha value is 0.240. The van der Waals surface area contributed by atoms with E-state index in [1.165, 1.54) is 6.42 Å². The molecule has 1 aromatic rings. The molecule has 4 heteroatoms. The summed E-state index contributed by atoms with van der Waals surface area (Å²) in [6, 6.07) is 5.83. The quantitative estimate of drug-likeness (QED) is 0.855. The van der Waals surface area contributed by atoms with Crippen molar-refractivity contribution in [1.29, 1.82) is 0 Å². The molecule has 0 aromatic heterocycles. The van der Waals surface area contributed by atoms with E-state index >= 15 is 0 Å². The van der Waals surface area contributed by atoms with Gasteiger partial charge in [0.15, 0.2) is 0 Å². The Morgan fingerprint density at radius 3 is 2.73 bits per heavy atom. The molecule has 0 saturated carbocycles. The normalized spacial score (nSPS) is 12.0. The van der Waals surface area contributed by atoms with Gasteiger partial charge in [-0.25, -0.2) is 0 Å². The second kappa shape index (κ2) is 7.50. The SMILES string of the molecule is CCCC[C@@H](N)c1cc(Cl)ccc1Br.Cl. The van der Waals surface area contributed by atoms with Gasteiger partial charge >= 0.3 is 0 Å². The number of nitrogens with two attached hydrogens (primary N) is 1. The second-order valence-electron chi connectivity index (χ2n) is 3.41. The summed E-state index contributed by atoms with van der Waals surface area (Å²) in [5.41, 5.74) is 7.16. The average molecular weight is 313 g/mol. The first-order valence-electron chi connectivity index (χ1n) is 4.85. The Morgan fingerprint density at radius 1 is 1.47 bits per heavy atom. The first-order valence-corrected chi connectivity index (χ1v) is 6.02. The third kappa shape index (κ3) is 4.73. The molecule has 0 aliphatic carbocycles. The number of hydrogen-bond donors (Lipinski definition) is 1. The fourth-order valence-corrected chi connectivity index (χ4v) is 2.10. The van der Waals surface area contributed by atoms with Crippen LogP contribution in [-0.2, 0) is 0 Å². The summed E-state index contributed by atoms with van der Waals surface area (Å²) in [5.74, 6) is 0. The van der Waals surface area contributed by atoms with E-state index in [4.69, 9.17) is 17.3 Å². The second-order valence-corrected chi connectivity index (χ2v) is 4.71. The van der Waals surface area contributed by atoms with Crippen LogP contribution < -0.4 is 5.73 Å². The molecule has 15 heavy (non-hydrogen) atoms. The first-order chi connectivity index (χ1) is 6.65. The van der Waals surface area contributed by atoms with Crippen LogP contribution in [0, 0.1) is 0 Å². The highest BCUT2D eigenvalue weighted by Gasteiger charge is 2.09. The van der Waals surface area contributed by atoms with Gasteiger partial charge in [-0.1, -0.05) is 47.3 Å². The number of halogens is 3. The molecule has 1 nitrogen and oxygen atoms in total. The summed E-state index contributed by atoms with van der Waals surface area (Å²) in [6.07, 6.45) is 3.33. The summed E-state index contributed by atoms with van der Waals surface area (Å²) < 4.78 is 1.05. The molecule has 0 fully saturated rings. The fraction of sp³-hybridized carbons (Fsp3) is 0.455. The van der Waals surface area contributed by atoms with Gasteiger partial charge in [-0.3, -0.25) is 0 Å². The van der Waals surface area contributed by atoms with Gasteiger partial charge in [0.05, 0.1) is 0 Å². The number of benzene rings is 1. The third-order valence-corrected chi connectivity index (χ3v) is 3.18. The molecular formula is C11H16BrCl2N. The van der Waals surface area contributed by atoms with E-state index in [0.29, 0.717) is 0 Å². The maximum Gasteiger partial charge on any atom is 0.0410 e. The zero-order valence-corrected chi connectivity index (χ0v) is 11.8. The summed E-state index contributed by atoms with van der Waals surface area (Å²) in [7, 11) is 0. The molecule has 86 valence electrons. The molecule has 0 bridgehead atoms. The van der Waals surface area contributed by atoms with Crippen LogP contribution in [0.4, 0.5) is 0 Å². The molecule has 0 aliphatic rings. The third-order valence-electron chi connectivity index (χ3n) is 2.23. The van der Waals surface area contributed by atoms with Crippen molar-refractivity contribution in [2.24, 2.45) is 5.73 Å². The Morgan fingerprint density at radius 2 is 2.13 bits per heavy atom. The molecule has 0 radical (unpaired) electrons. The predicted molar refractivity (Wildman–Crippen MR) is 72.9 cm³/mol. The lowest BCUT2D eigenvalue weighted by molar-refractivity contribution is 0.602. The molecule has 0 saturated heterocycles. The van der Waals surface area contributed by atoms with Crippen LogP contribution >= 0.6 is 39.9 Å². The Balaban J connectivity index is 0.00000196. The molecule has 0 amide bonds. The molecular weight excluding hydrogens is 297 g/mol. The van der Waals surface area contributed by atoms with Crippen molar-refractivity contribution < 1.29 is 0 Å². The summed E-state index contributed by atoms with van der Waals surface area (Å²) in [6.45, 7) is 2.17. The van der Waals surface area contributed by atoms with Crippen LogP contribution in [0.5, 0.6) is 0 Å². The lowest BCUT2D eigenvalue weighted by atomic mass is 10.0. The summed E-state index contributed by atoms with van der Waals surface area (Å²) in [4.78, 5) is 0. The minimum atomic E-state index is 0. The molecule has 0 aliphatic heterocycles. The van der Waals surface area contributed by atoms with E-state index in [-0.39, 0.29) is 18.4 Å². The highest BCUT2D eigenvalue weighted by molar-refractivity contribution is 9.10. The van der Waals surface area contributed by atoms with Crippen molar-refractivity contribution in [1.82, 2.24) is 0 Å². The van der Waals surface area contributed by atoms with E-state index < -0.39 is 0 Å². The van der Waals surface area contributed by atoms with Crippen molar-refractivity contribution in [2.45, 2.75) is 32.2 Å². The highest BCUT2D eigenvalue weighted by Crippen LogP contribution is 2.27. The van der Waals surface area contributed by atoms with E-state index in [9.17, 15) is 0 Å². The Kier molecular flexibility index (Phi) is 7.62. The standard InChI is InChI=1S/C11H15BrClN.ClH/c1-2-3-4-11(14)9-7-8(13)5-6-10(9)12;/h5-7,11H,2-4,14H2,1H3;1H/t11-;/m1./s1. The zero-order valence-electron chi connectivity index (χ0n) is 8.67. The summed E-state index contributed by atoms with van der Waals surface area (Å²) in [5, 5.41) is 0.746. The van der Waals surface area contributed by atoms with Gasteiger partial charge in [0.1, 0.15) is 0 Å². The molecule has 1 rings (SSSR count). The maximum atomic E-state index is 6.06. The number of unbranched alkanes of at least 4 members (excludes halogenated alkanes) is 1. The van der Waals surface area contributed by atoms with Crippen LogP contribution in [0.15, 0.2) is 22.7 Å². The minimum Gasteiger partial charge on any atom is -0.324 e. The van der Waals surface area contributed by atoms with Crippen molar-refractivity contribution in [3.8, 4) is 0 Å². The van der Waals surface area contributed by atoms with Crippen LogP contribution in [-0.4, -0.2) is 0 Å². The molecule has 1 aromatic carbocycles. The van der Waals surface area contributed by atoms with E-state index in [1.54, 1.807) is 0 Å². The van der Waals surface area contributed by atoms with Gasteiger partial charge in [-0.15, -0.1) is 12.4 Å². The topological polar surface area (TPSA) is 26.0 Å². The van der Waals surface area contributed by atoms with Crippen molar-refractivity contribution in [2.75, 3.05) is 0 Å². The summed E-state index contributed by atoms with van der Waals surface area (Å²) >= 11 is 9.40. The van der Waals surface area contributed by atoms with Crippen LogP contribution in [0.25, 0.3) is 0 Å². The lowest BCUT2D eigenvalue weighted by Gasteiger charge is -2.13. The van der Waals surface area contributed by atoms with Crippen molar-refractivity contribution in [3.63, 3.8) is 0 Å². The zero-order chi connectivity index (χ0) is 10.6. The van der Waals surface area contributed by atoms with Gasteiger partial charge in [0, 0.05) is 15.5 Å². The average Bonchev–Trinajstić information content (AvgIpc) is 2.18. The Bertz CT molecular complexity index is 305. The van der Waals surface area contributed by atoms with Crippen LogP contribution in [0.2, 0.25) is 5.02 Å². The van der Waals surface area contributed by atoms with E-state index in [2.05, 4.69) is 22.9 Å². The van der Waals surface area contributed by atoms with E-state index in [1.807, 2.05) is 18.2 Å². The molecule has 0 spiro atoms. The molecule has 2 N–H and O–H groups in total. The minimum absolute atomic E-state index is 0. The van der Waals surface area contributed by atoms with Gasteiger partial charge in [0.2, 0.25) is 0 Å². The maximum absolute atomic E-state index is 6.06. The Labute approximate surface area is 111 Å². The first kappa shape index (κ1) is 15.2. The highest BCUT2D eigenvalue weighted by atomic mass is 79.9. The van der Waals surface area contributed by atoms with Gasteiger partial charge < -0.3 is 5.73 Å².